The summed E-state index contributed by atoms with van der Waals surface area (Å²) < 4.78 is 299. The van der Waals surface area contributed by atoms with Gasteiger partial charge >= 0.3 is 65.4 Å². The van der Waals surface area contributed by atoms with E-state index in [0.717, 1.165) is 0 Å². The minimum absolute atomic E-state index is 0.244. The summed E-state index contributed by atoms with van der Waals surface area (Å²) in [5, 5.41) is 0. The van der Waals surface area contributed by atoms with Crippen molar-refractivity contribution in [3.63, 3.8) is 0 Å². The van der Waals surface area contributed by atoms with E-state index in [2.05, 4.69) is 0 Å². The number of halogens is 23. The van der Waals surface area contributed by atoms with Crippen molar-refractivity contribution in [3.8, 4) is 0 Å². The van der Waals surface area contributed by atoms with Gasteiger partial charge in [0.25, 0.3) is 0 Å². The van der Waals surface area contributed by atoms with Gasteiger partial charge in [-0.05, 0) is 0 Å². The van der Waals surface area contributed by atoms with Crippen molar-refractivity contribution in [1.82, 2.24) is 0 Å². The quantitative estimate of drug-likeness (QED) is 0.212. The first-order chi connectivity index (χ1) is 16.1. The van der Waals surface area contributed by atoms with Gasteiger partial charge in [0.15, 0.2) is 0 Å². The lowest BCUT2D eigenvalue weighted by Crippen LogP contribution is -2.77. The molecule has 0 spiro atoms. The van der Waals surface area contributed by atoms with E-state index in [1.54, 1.807) is 0 Å². The summed E-state index contributed by atoms with van der Waals surface area (Å²) in [5.74, 6) is -86.8. The van der Waals surface area contributed by atoms with Gasteiger partial charge < -0.3 is 0 Å². The average Bonchev–Trinajstić information content (AvgIpc) is 2.72. The van der Waals surface area contributed by atoms with Crippen molar-refractivity contribution in [2.45, 2.75) is 92.6 Å². The van der Waals surface area contributed by atoms with E-state index in [0.29, 0.717) is 0 Å². The summed E-state index contributed by atoms with van der Waals surface area (Å²) in [5.41, 5.74) is 0. The molecule has 0 atom stereocenters. The fourth-order valence-corrected chi connectivity index (χ4v) is 2.01. The summed E-state index contributed by atoms with van der Waals surface area (Å²) in [4.78, 5) is 0. The first-order valence-electron chi connectivity index (χ1n) is 8.91. The summed E-state index contributed by atoms with van der Waals surface area (Å²) in [6, 6.07) is 0. The van der Waals surface area contributed by atoms with Gasteiger partial charge in [-0.15, -0.1) is 0 Å². The van der Waals surface area contributed by atoms with Gasteiger partial charge in [0, 0.05) is 6.42 Å². The van der Waals surface area contributed by atoms with Crippen molar-refractivity contribution < 1.29 is 101 Å². The lowest BCUT2D eigenvalue weighted by atomic mass is 9.85. The van der Waals surface area contributed by atoms with Crippen molar-refractivity contribution >= 4 is 0 Å². The zero-order valence-corrected chi connectivity index (χ0v) is 17.9. The highest BCUT2D eigenvalue weighted by atomic mass is 19.4. The zero-order valence-electron chi connectivity index (χ0n) is 17.9. The third kappa shape index (κ3) is 4.59. The fourth-order valence-electron chi connectivity index (χ4n) is 2.01. The monoisotopic (exact) mass is 628 g/mol. The molecule has 0 saturated heterocycles. The van der Waals surface area contributed by atoms with E-state index < -0.39 is 71.8 Å². The summed E-state index contributed by atoms with van der Waals surface area (Å²) >= 11 is 0. The van der Waals surface area contributed by atoms with Gasteiger partial charge in [-0.1, -0.05) is 20.8 Å². The molecule has 232 valence electrons. The van der Waals surface area contributed by atoms with Crippen molar-refractivity contribution in [2.24, 2.45) is 0 Å². The van der Waals surface area contributed by atoms with Crippen LogP contribution >= 0.6 is 0 Å². The first-order valence-corrected chi connectivity index (χ1v) is 8.91. The number of hydrogen-bond acceptors (Lipinski definition) is 0. The maximum absolute atomic E-state index is 13.4. The Morgan fingerprint density at radius 3 is 0.605 bits per heavy atom. The molecule has 0 bridgehead atoms. The average molecular weight is 628 g/mol. The Morgan fingerprint density at radius 1 is 0.289 bits per heavy atom. The fraction of sp³-hybridized carbons (Fsp3) is 1.00. The minimum Gasteiger partial charge on any atom is -0.200 e. The highest BCUT2D eigenvalue weighted by Crippen LogP contribution is 2.67. The Morgan fingerprint density at radius 2 is 0.447 bits per heavy atom. The summed E-state index contributed by atoms with van der Waals surface area (Å²) in [6.45, 7) is 3.76. The molecule has 0 heterocycles. The molecule has 0 rings (SSSR count). The zero-order chi connectivity index (χ0) is 32.2. The lowest BCUT2D eigenvalue weighted by Gasteiger charge is -2.45. The molecule has 0 aliphatic carbocycles. The molecule has 0 saturated carbocycles. The summed E-state index contributed by atoms with van der Waals surface area (Å²) in [7, 11) is 0. The van der Waals surface area contributed by atoms with Crippen LogP contribution in [-0.4, -0.2) is 65.4 Å². The van der Waals surface area contributed by atoms with Crippen molar-refractivity contribution in [3.05, 3.63) is 0 Å². The predicted molar refractivity (Wildman–Crippen MR) is 77.2 cm³/mol. The third-order valence-electron chi connectivity index (χ3n) is 4.41. The molecule has 0 N–H and O–H groups in total. The molecule has 0 aromatic rings. The maximum Gasteiger partial charge on any atom is 0.460 e. The molecule has 0 aliphatic heterocycles. The Labute approximate surface area is 195 Å². The van der Waals surface area contributed by atoms with Crippen LogP contribution in [0.4, 0.5) is 101 Å². The van der Waals surface area contributed by atoms with Gasteiger partial charge in [-0.25, -0.2) is 0 Å². The highest BCUT2D eigenvalue weighted by Gasteiger charge is 2.98. The molecule has 0 unspecified atom stereocenters. The summed E-state index contributed by atoms with van der Waals surface area (Å²) in [6.07, 6.45) is -10.8. The van der Waals surface area contributed by atoms with Gasteiger partial charge in [-0.3, -0.25) is 0 Å². The van der Waals surface area contributed by atoms with E-state index in [9.17, 15) is 101 Å². The van der Waals surface area contributed by atoms with E-state index in [1.165, 1.54) is 0 Å². The van der Waals surface area contributed by atoms with Crippen LogP contribution in [0.15, 0.2) is 0 Å². The molecule has 38 heavy (non-hydrogen) atoms. The topological polar surface area (TPSA) is 0 Å². The SMILES string of the molecule is CC.CCC(F)(F)C(F)(F)C(F)(F)C(F)(F)C(F)(F)C(F)(F)C(F)(F)C(F)(F)C(F)(F)C(F)(F)C(F)(F)F. The minimum atomic E-state index is -9.35. The van der Waals surface area contributed by atoms with Crippen molar-refractivity contribution in [2.75, 3.05) is 0 Å². The van der Waals surface area contributed by atoms with E-state index in [4.69, 9.17) is 0 Å². The van der Waals surface area contributed by atoms with Crippen LogP contribution in [0.2, 0.25) is 0 Å². The second-order valence-electron chi connectivity index (χ2n) is 6.73. The van der Waals surface area contributed by atoms with Crippen LogP contribution in [0.5, 0.6) is 0 Å². The van der Waals surface area contributed by atoms with Crippen LogP contribution < -0.4 is 0 Å². The van der Waals surface area contributed by atoms with Crippen LogP contribution in [0, 0.1) is 0 Å². The smallest absolute Gasteiger partial charge is 0.200 e. The molecular weight excluding hydrogens is 617 g/mol. The number of alkyl halides is 23. The number of rotatable bonds is 10. The molecule has 0 radical (unpaired) electrons. The van der Waals surface area contributed by atoms with Gasteiger partial charge in [0.05, 0.1) is 0 Å². The van der Waals surface area contributed by atoms with Crippen LogP contribution in [0.25, 0.3) is 0 Å². The molecule has 0 fully saturated rings. The maximum atomic E-state index is 13.4. The Hall–Kier alpha value is -1.61. The predicted octanol–water partition coefficient (Wildman–Crippen LogP) is 9.34. The van der Waals surface area contributed by atoms with E-state index in [1.807, 2.05) is 13.8 Å². The molecule has 0 nitrogen and oxygen atoms in total. The van der Waals surface area contributed by atoms with Crippen LogP contribution in [0.1, 0.15) is 27.2 Å². The molecule has 0 aromatic heterocycles. The number of hydrogen-bond donors (Lipinski definition) is 0. The Bertz CT molecular complexity index is 800. The van der Waals surface area contributed by atoms with E-state index >= 15 is 0 Å². The third-order valence-corrected chi connectivity index (χ3v) is 4.41. The van der Waals surface area contributed by atoms with Gasteiger partial charge in [0.1, 0.15) is 0 Å². The molecule has 0 aromatic carbocycles. The van der Waals surface area contributed by atoms with Crippen LogP contribution in [-0.2, 0) is 0 Å². The Balaban J connectivity index is 0. The van der Waals surface area contributed by atoms with Crippen LogP contribution in [0.3, 0.4) is 0 Å². The van der Waals surface area contributed by atoms with Gasteiger partial charge in [0.2, 0.25) is 0 Å². The standard InChI is InChI=1S/C13H5F23.C2H6/c1-2-3(14,15)4(16,17)5(18,19)6(20,21)7(22,23)8(24,25)9(26,27)10(28,29)11(30,31)12(32,33)13(34,35)36;1-2/h2H2,1H3;1-2H3. The molecule has 0 aliphatic rings. The second kappa shape index (κ2) is 9.79. The second-order valence-corrected chi connectivity index (χ2v) is 6.73. The van der Waals surface area contributed by atoms with Crippen molar-refractivity contribution in [1.29, 1.82) is 0 Å². The van der Waals surface area contributed by atoms with Gasteiger partial charge in [-0.2, -0.15) is 101 Å². The highest BCUT2D eigenvalue weighted by molar-refractivity contribution is 5.18. The molecule has 0 amide bonds. The van der Waals surface area contributed by atoms with E-state index in [-0.39, 0.29) is 6.92 Å². The lowest BCUT2D eigenvalue weighted by molar-refractivity contribution is -0.478. The molecular formula is C15H11F23. The normalized spacial score (nSPS) is 16.3. The largest absolute Gasteiger partial charge is 0.460 e. The Kier molecular flexibility index (Phi) is 9.93. The molecule has 23 heteroatoms. The first kappa shape index (κ1) is 38.5.